The van der Waals surface area contributed by atoms with Crippen LogP contribution in [-0.2, 0) is 4.79 Å². The van der Waals surface area contributed by atoms with Gasteiger partial charge in [0.25, 0.3) is 0 Å². The van der Waals surface area contributed by atoms with Gasteiger partial charge in [-0.25, -0.2) is 4.79 Å². The van der Waals surface area contributed by atoms with Gasteiger partial charge < -0.3 is 14.7 Å². The SMILES string of the molecule is CC1CCCN(C(=O)N(C)CC(=O)N(C)C)C1. The molecule has 0 spiro atoms. The molecule has 0 bridgehead atoms. The van der Waals surface area contributed by atoms with Crippen LogP contribution in [0, 0.1) is 5.92 Å². The Hall–Kier alpha value is -1.26. The number of rotatable bonds is 2. The van der Waals surface area contributed by atoms with Crippen LogP contribution in [0.15, 0.2) is 0 Å². The lowest BCUT2D eigenvalue weighted by atomic mass is 10.0. The first-order valence-electron chi connectivity index (χ1n) is 6.12. The van der Waals surface area contributed by atoms with Crippen LogP contribution < -0.4 is 0 Å². The molecular formula is C12H23N3O2. The van der Waals surface area contributed by atoms with Gasteiger partial charge in [0.2, 0.25) is 5.91 Å². The minimum absolute atomic E-state index is 0.0354. The van der Waals surface area contributed by atoms with Crippen LogP contribution in [0.25, 0.3) is 0 Å². The van der Waals surface area contributed by atoms with Crippen molar-refractivity contribution in [3.05, 3.63) is 0 Å². The van der Waals surface area contributed by atoms with E-state index in [4.69, 9.17) is 0 Å². The Bertz CT molecular complexity index is 291. The van der Waals surface area contributed by atoms with Gasteiger partial charge >= 0.3 is 6.03 Å². The summed E-state index contributed by atoms with van der Waals surface area (Å²) in [5, 5.41) is 0. The maximum atomic E-state index is 12.1. The molecular weight excluding hydrogens is 218 g/mol. The van der Waals surface area contributed by atoms with Crippen LogP contribution in [0.3, 0.4) is 0 Å². The van der Waals surface area contributed by atoms with Gasteiger partial charge in [-0.05, 0) is 18.8 Å². The van der Waals surface area contributed by atoms with Crippen molar-refractivity contribution in [2.75, 3.05) is 40.8 Å². The Balaban J connectivity index is 2.48. The molecule has 0 aliphatic carbocycles. The molecule has 98 valence electrons. The number of urea groups is 1. The molecule has 1 aliphatic rings. The van der Waals surface area contributed by atoms with E-state index in [-0.39, 0.29) is 18.5 Å². The summed E-state index contributed by atoms with van der Waals surface area (Å²) in [6, 6.07) is -0.0354. The highest BCUT2D eigenvalue weighted by Crippen LogP contribution is 2.16. The number of piperidine rings is 1. The van der Waals surface area contributed by atoms with Crippen LogP contribution in [-0.4, -0.2) is 67.4 Å². The highest BCUT2D eigenvalue weighted by Gasteiger charge is 2.24. The molecule has 1 unspecified atom stereocenters. The van der Waals surface area contributed by atoms with Crippen LogP contribution in [0.1, 0.15) is 19.8 Å². The molecule has 3 amide bonds. The Kier molecular flexibility index (Phi) is 4.78. The molecule has 1 fully saturated rings. The average molecular weight is 241 g/mol. The van der Waals surface area contributed by atoms with Crippen molar-refractivity contribution >= 4 is 11.9 Å². The minimum Gasteiger partial charge on any atom is -0.347 e. The maximum Gasteiger partial charge on any atom is 0.320 e. The monoisotopic (exact) mass is 241 g/mol. The third-order valence-corrected chi connectivity index (χ3v) is 3.13. The van der Waals surface area contributed by atoms with E-state index in [9.17, 15) is 9.59 Å². The minimum atomic E-state index is -0.0501. The van der Waals surface area contributed by atoms with Crippen molar-refractivity contribution < 1.29 is 9.59 Å². The summed E-state index contributed by atoms with van der Waals surface area (Å²) in [4.78, 5) is 28.4. The number of likely N-dealkylation sites (N-methyl/N-ethyl adjacent to an activating group) is 2. The molecule has 0 aromatic heterocycles. The second-order valence-electron chi connectivity index (χ2n) is 5.12. The Morgan fingerprint density at radius 3 is 2.47 bits per heavy atom. The summed E-state index contributed by atoms with van der Waals surface area (Å²) in [6.45, 7) is 3.92. The summed E-state index contributed by atoms with van der Waals surface area (Å²) < 4.78 is 0. The van der Waals surface area contributed by atoms with E-state index in [2.05, 4.69) is 6.92 Å². The number of likely N-dealkylation sites (tertiary alicyclic amines) is 1. The van der Waals surface area contributed by atoms with E-state index in [1.165, 1.54) is 16.2 Å². The van der Waals surface area contributed by atoms with Gasteiger partial charge in [0.05, 0.1) is 0 Å². The number of carbonyl (C=O) groups is 2. The largest absolute Gasteiger partial charge is 0.347 e. The zero-order chi connectivity index (χ0) is 13.0. The van der Waals surface area contributed by atoms with Crippen LogP contribution >= 0.6 is 0 Å². The molecule has 1 aliphatic heterocycles. The van der Waals surface area contributed by atoms with Gasteiger partial charge in [0.1, 0.15) is 6.54 Å². The lowest BCUT2D eigenvalue weighted by Gasteiger charge is -2.34. The number of hydrogen-bond acceptors (Lipinski definition) is 2. The van der Waals surface area contributed by atoms with Crippen molar-refractivity contribution in [1.29, 1.82) is 0 Å². The predicted octanol–water partition coefficient (Wildman–Crippen LogP) is 0.858. The standard InChI is InChI=1S/C12H23N3O2/c1-10-6-5-7-15(8-10)12(17)14(4)9-11(16)13(2)3/h10H,5-9H2,1-4H3. The van der Waals surface area contributed by atoms with Crippen molar-refractivity contribution in [2.45, 2.75) is 19.8 Å². The van der Waals surface area contributed by atoms with E-state index in [1.54, 1.807) is 21.1 Å². The fraction of sp³-hybridized carbons (Fsp3) is 0.833. The summed E-state index contributed by atoms with van der Waals surface area (Å²) >= 11 is 0. The topological polar surface area (TPSA) is 43.9 Å². The van der Waals surface area contributed by atoms with Crippen molar-refractivity contribution in [1.82, 2.24) is 14.7 Å². The molecule has 0 N–H and O–H groups in total. The molecule has 1 atom stereocenters. The molecule has 0 aromatic rings. The molecule has 5 nitrogen and oxygen atoms in total. The summed E-state index contributed by atoms with van der Waals surface area (Å²) in [6.07, 6.45) is 2.24. The van der Waals surface area contributed by atoms with Gasteiger partial charge in [0.15, 0.2) is 0 Å². The Morgan fingerprint density at radius 2 is 1.94 bits per heavy atom. The van der Waals surface area contributed by atoms with E-state index in [1.807, 2.05) is 4.90 Å². The summed E-state index contributed by atoms with van der Waals surface area (Å²) in [5.74, 6) is 0.511. The number of carbonyl (C=O) groups excluding carboxylic acids is 2. The van der Waals surface area contributed by atoms with Gasteiger partial charge in [0, 0.05) is 34.2 Å². The van der Waals surface area contributed by atoms with Gasteiger partial charge in [-0.15, -0.1) is 0 Å². The molecule has 0 aromatic carbocycles. The van der Waals surface area contributed by atoms with Crippen LogP contribution in [0.5, 0.6) is 0 Å². The summed E-state index contributed by atoms with van der Waals surface area (Å²) in [5.41, 5.74) is 0. The highest BCUT2D eigenvalue weighted by molar-refractivity contribution is 5.83. The van der Waals surface area contributed by atoms with E-state index in [0.29, 0.717) is 5.92 Å². The van der Waals surface area contributed by atoms with Gasteiger partial charge in [-0.1, -0.05) is 6.92 Å². The lowest BCUT2D eigenvalue weighted by Crippen LogP contribution is -2.48. The second-order valence-corrected chi connectivity index (χ2v) is 5.12. The molecule has 5 heteroatoms. The first kappa shape index (κ1) is 13.8. The Morgan fingerprint density at radius 1 is 1.29 bits per heavy atom. The normalized spacial score (nSPS) is 20.0. The van der Waals surface area contributed by atoms with Crippen LogP contribution in [0.4, 0.5) is 4.79 Å². The first-order chi connectivity index (χ1) is 7.91. The average Bonchev–Trinajstić information content (AvgIpc) is 2.27. The highest BCUT2D eigenvalue weighted by atomic mass is 16.2. The fourth-order valence-corrected chi connectivity index (χ4v) is 2.02. The number of amides is 3. The third-order valence-electron chi connectivity index (χ3n) is 3.13. The number of hydrogen-bond donors (Lipinski definition) is 0. The quantitative estimate of drug-likeness (QED) is 0.719. The zero-order valence-electron chi connectivity index (χ0n) is 11.3. The predicted molar refractivity (Wildman–Crippen MR) is 66.7 cm³/mol. The summed E-state index contributed by atoms with van der Waals surface area (Å²) in [7, 11) is 5.08. The molecule has 1 saturated heterocycles. The fourth-order valence-electron chi connectivity index (χ4n) is 2.02. The van der Waals surface area contributed by atoms with Crippen LogP contribution in [0.2, 0.25) is 0 Å². The number of nitrogens with zero attached hydrogens (tertiary/aromatic N) is 3. The molecule has 1 heterocycles. The van der Waals surface area contributed by atoms with Gasteiger partial charge in [-0.2, -0.15) is 0 Å². The first-order valence-corrected chi connectivity index (χ1v) is 6.12. The van der Waals surface area contributed by atoms with Crippen molar-refractivity contribution in [3.63, 3.8) is 0 Å². The molecule has 0 radical (unpaired) electrons. The zero-order valence-corrected chi connectivity index (χ0v) is 11.3. The molecule has 1 rings (SSSR count). The maximum absolute atomic E-state index is 12.1. The van der Waals surface area contributed by atoms with Crippen molar-refractivity contribution in [2.24, 2.45) is 5.92 Å². The second kappa shape index (κ2) is 5.89. The van der Waals surface area contributed by atoms with Gasteiger partial charge in [-0.3, -0.25) is 4.79 Å². The molecule has 0 saturated carbocycles. The van der Waals surface area contributed by atoms with E-state index < -0.39 is 0 Å². The Labute approximate surface area is 103 Å². The smallest absolute Gasteiger partial charge is 0.320 e. The lowest BCUT2D eigenvalue weighted by molar-refractivity contribution is -0.129. The molecule has 17 heavy (non-hydrogen) atoms. The van der Waals surface area contributed by atoms with E-state index in [0.717, 1.165) is 19.5 Å². The third kappa shape index (κ3) is 3.91. The van der Waals surface area contributed by atoms with E-state index >= 15 is 0 Å². The van der Waals surface area contributed by atoms with Crippen molar-refractivity contribution in [3.8, 4) is 0 Å².